The van der Waals surface area contributed by atoms with Gasteiger partial charge in [0.15, 0.2) is 0 Å². The molecular formula is C15H16N4O. The number of hydrogen-bond acceptors (Lipinski definition) is 2. The van der Waals surface area contributed by atoms with Crippen LogP contribution in [0.5, 0.6) is 0 Å². The number of nitrogen functional groups attached to an aromatic ring is 1. The Morgan fingerprint density at radius 3 is 2.50 bits per heavy atom. The number of anilines is 2. The molecule has 0 saturated heterocycles. The summed E-state index contributed by atoms with van der Waals surface area (Å²) in [5, 5.41) is 10.2. The number of nitrogens with one attached hydrogen (secondary N) is 2. The Morgan fingerprint density at radius 1 is 1.15 bits per heavy atom. The molecule has 0 radical (unpaired) electrons. The molecule has 2 aromatic rings. The fourth-order valence-electron chi connectivity index (χ4n) is 1.73. The summed E-state index contributed by atoms with van der Waals surface area (Å²) in [4.78, 5) is 13.6. The van der Waals surface area contributed by atoms with E-state index >= 15 is 0 Å². The van der Waals surface area contributed by atoms with Gasteiger partial charge in [0.2, 0.25) is 0 Å². The molecule has 102 valence electrons. The Hall–Kier alpha value is -2.82. The van der Waals surface area contributed by atoms with Gasteiger partial charge in [-0.2, -0.15) is 0 Å². The lowest BCUT2D eigenvalue weighted by molar-refractivity contribution is 0.258. The normalized spacial score (nSPS) is 9.85. The highest BCUT2D eigenvalue weighted by Gasteiger charge is 2.11. The second-order valence-electron chi connectivity index (χ2n) is 4.32. The lowest BCUT2D eigenvalue weighted by Gasteiger charge is -2.18. The van der Waals surface area contributed by atoms with Crippen LogP contribution in [0.4, 0.5) is 16.2 Å². The molecule has 0 bridgehead atoms. The van der Waals surface area contributed by atoms with Gasteiger partial charge in [-0.15, -0.1) is 0 Å². The molecule has 0 aliphatic carbocycles. The molecule has 5 heteroatoms. The second-order valence-corrected chi connectivity index (χ2v) is 4.32. The standard InChI is InChI=1S/C15H16N4O/c1-19(13-9-5-6-11(10-13)14(16)17)15(20)18-12-7-3-2-4-8-12/h2-10H,1H3,(H3,16,17)(H,18,20). The van der Waals surface area contributed by atoms with Gasteiger partial charge in [0.05, 0.1) is 0 Å². The van der Waals surface area contributed by atoms with Gasteiger partial charge in [-0.25, -0.2) is 4.79 Å². The van der Waals surface area contributed by atoms with Gasteiger partial charge in [0, 0.05) is 24.0 Å². The van der Waals surface area contributed by atoms with E-state index < -0.39 is 0 Å². The van der Waals surface area contributed by atoms with Crippen LogP contribution in [0, 0.1) is 5.41 Å². The second kappa shape index (κ2) is 5.88. The van der Waals surface area contributed by atoms with Crippen molar-refractivity contribution in [2.45, 2.75) is 0 Å². The third-order valence-corrected chi connectivity index (χ3v) is 2.87. The van der Waals surface area contributed by atoms with Crippen molar-refractivity contribution in [1.29, 1.82) is 5.41 Å². The van der Waals surface area contributed by atoms with E-state index in [1.165, 1.54) is 4.90 Å². The van der Waals surface area contributed by atoms with Crippen molar-refractivity contribution in [3.8, 4) is 0 Å². The quantitative estimate of drug-likeness (QED) is 0.590. The van der Waals surface area contributed by atoms with Crippen LogP contribution in [0.2, 0.25) is 0 Å². The molecule has 2 rings (SSSR count). The van der Waals surface area contributed by atoms with E-state index in [-0.39, 0.29) is 11.9 Å². The highest BCUT2D eigenvalue weighted by molar-refractivity contribution is 6.02. The van der Waals surface area contributed by atoms with Crippen molar-refractivity contribution < 1.29 is 4.79 Å². The van der Waals surface area contributed by atoms with Crippen molar-refractivity contribution in [3.05, 3.63) is 60.2 Å². The van der Waals surface area contributed by atoms with E-state index in [0.29, 0.717) is 11.3 Å². The molecule has 0 aromatic heterocycles. The topological polar surface area (TPSA) is 82.2 Å². The first-order valence-corrected chi connectivity index (χ1v) is 6.12. The van der Waals surface area contributed by atoms with Crippen molar-refractivity contribution in [2.24, 2.45) is 5.73 Å². The molecule has 4 N–H and O–H groups in total. The summed E-state index contributed by atoms with van der Waals surface area (Å²) < 4.78 is 0. The molecular weight excluding hydrogens is 252 g/mol. The number of amidine groups is 1. The lowest BCUT2D eigenvalue weighted by Crippen LogP contribution is -2.31. The first-order chi connectivity index (χ1) is 9.58. The fourth-order valence-corrected chi connectivity index (χ4v) is 1.73. The molecule has 0 atom stereocenters. The number of para-hydroxylation sites is 1. The number of carbonyl (C=O) groups excluding carboxylic acids is 1. The molecule has 0 aliphatic rings. The Labute approximate surface area is 117 Å². The largest absolute Gasteiger partial charge is 0.384 e. The maximum absolute atomic E-state index is 12.1. The first kappa shape index (κ1) is 13.6. The van der Waals surface area contributed by atoms with Crippen LogP contribution in [-0.2, 0) is 0 Å². The maximum atomic E-state index is 12.1. The highest BCUT2D eigenvalue weighted by Crippen LogP contribution is 2.16. The molecule has 0 aliphatic heterocycles. The number of carbonyl (C=O) groups is 1. The van der Waals surface area contributed by atoms with Gasteiger partial charge in [-0.05, 0) is 24.3 Å². The third kappa shape index (κ3) is 3.14. The van der Waals surface area contributed by atoms with E-state index in [1.807, 2.05) is 30.3 Å². The minimum Gasteiger partial charge on any atom is -0.384 e. The third-order valence-electron chi connectivity index (χ3n) is 2.87. The van der Waals surface area contributed by atoms with Crippen LogP contribution in [-0.4, -0.2) is 18.9 Å². The molecule has 0 saturated carbocycles. The number of hydrogen-bond donors (Lipinski definition) is 3. The summed E-state index contributed by atoms with van der Waals surface area (Å²) in [6.45, 7) is 0. The predicted molar refractivity (Wildman–Crippen MR) is 81.3 cm³/mol. The Morgan fingerprint density at radius 2 is 1.85 bits per heavy atom. The molecule has 0 spiro atoms. The fraction of sp³-hybridized carbons (Fsp3) is 0.0667. The van der Waals surface area contributed by atoms with Crippen molar-refractivity contribution >= 4 is 23.2 Å². The minimum atomic E-state index is -0.253. The van der Waals surface area contributed by atoms with Gasteiger partial charge in [-0.3, -0.25) is 10.3 Å². The molecule has 0 fully saturated rings. The Bertz CT molecular complexity index is 625. The van der Waals surface area contributed by atoms with Gasteiger partial charge >= 0.3 is 6.03 Å². The summed E-state index contributed by atoms with van der Waals surface area (Å²) in [5.41, 5.74) is 7.43. The van der Waals surface area contributed by atoms with Crippen molar-refractivity contribution in [3.63, 3.8) is 0 Å². The smallest absolute Gasteiger partial charge is 0.326 e. The number of nitrogens with zero attached hydrogens (tertiary/aromatic N) is 1. The summed E-state index contributed by atoms with van der Waals surface area (Å²) in [5.74, 6) is -0.0243. The van der Waals surface area contributed by atoms with E-state index in [4.69, 9.17) is 11.1 Å². The van der Waals surface area contributed by atoms with E-state index in [9.17, 15) is 4.79 Å². The van der Waals surface area contributed by atoms with Crippen LogP contribution < -0.4 is 16.0 Å². The number of urea groups is 1. The number of amides is 2. The van der Waals surface area contributed by atoms with E-state index in [2.05, 4.69) is 5.32 Å². The van der Waals surface area contributed by atoms with Crippen LogP contribution in [0.1, 0.15) is 5.56 Å². The maximum Gasteiger partial charge on any atom is 0.326 e. The molecule has 0 unspecified atom stereocenters. The van der Waals surface area contributed by atoms with Gasteiger partial charge in [0.25, 0.3) is 0 Å². The van der Waals surface area contributed by atoms with Crippen LogP contribution in [0.15, 0.2) is 54.6 Å². The van der Waals surface area contributed by atoms with Crippen molar-refractivity contribution in [2.75, 3.05) is 17.3 Å². The summed E-state index contributed by atoms with van der Waals surface area (Å²) >= 11 is 0. The average molecular weight is 268 g/mol. The average Bonchev–Trinajstić information content (AvgIpc) is 2.47. The predicted octanol–water partition coefficient (Wildman–Crippen LogP) is 2.64. The van der Waals surface area contributed by atoms with Gasteiger partial charge < -0.3 is 11.1 Å². The van der Waals surface area contributed by atoms with E-state index in [0.717, 1.165) is 5.69 Å². The molecule has 20 heavy (non-hydrogen) atoms. The van der Waals surface area contributed by atoms with Gasteiger partial charge in [0.1, 0.15) is 5.84 Å². The van der Waals surface area contributed by atoms with Crippen LogP contribution >= 0.6 is 0 Å². The SMILES string of the molecule is CN(C(=O)Nc1ccccc1)c1cccc(C(=N)N)c1. The molecule has 5 nitrogen and oxygen atoms in total. The number of benzene rings is 2. The number of rotatable bonds is 3. The minimum absolute atomic E-state index is 0.0243. The number of nitrogens with two attached hydrogens (primary N) is 1. The summed E-state index contributed by atoms with van der Waals surface area (Å²) in [6, 6.07) is 16.0. The first-order valence-electron chi connectivity index (χ1n) is 6.12. The Balaban J connectivity index is 2.14. The molecule has 2 aromatic carbocycles. The lowest BCUT2D eigenvalue weighted by atomic mass is 10.2. The highest BCUT2D eigenvalue weighted by atomic mass is 16.2. The van der Waals surface area contributed by atoms with Gasteiger partial charge in [-0.1, -0.05) is 30.3 Å². The van der Waals surface area contributed by atoms with Crippen molar-refractivity contribution in [1.82, 2.24) is 0 Å². The monoisotopic (exact) mass is 268 g/mol. The summed E-state index contributed by atoms with van der Waals surface area (Å²) in [7, 11) is 1.66. The molecule has 2 amide bonds. The zero-order chi connectivity index (χ0) is 14.5. The van der Waals surface area contributed by atoms with E-state index in [1.54, 1.807) is 31.3 Å². The Kier molecular flexibility index (Phi) is 4.00. The zero-order valence-corrected chi connectivity index (χ0v) is 11.1. The summed E-state index contributed by atoms with van der Waals surface area (Å²) in [6.07, 6.45) is 0. The molecule has 0 heterocycles. The van der Waals surface area contributed by atoms with Crippen LogP contribution in [0.25, 0.3) is 0 Å². The van der Waals surface area contributed by atoms with Crippen LogP contribution in [0.3, 0.4) is 0 Å². The zero-order valence-electron chi connectivity index (χ0n) is 11.1.